The third-order valence-corrected chi connectivity index (χ3v) is 4.26. The van der Waals surface area contributed by atoms with Gasteiger partial charge < -0.3 is 10.1 Å². The molecule has 0 spiro atoms. The van der Waals surface area contributed by atoms with Crippen LogP contribution >= 0.6 is 0 Å². The maximum Gasteiger partial charge on any atom is 0.269 e. The maximum absolute atomic E-state index is 10.8. The van der Waals surface area contributed by atoms with Crippen molar-refractivity contribution in [3.8, 4) is 0 Å². The topological polar surface area (TPSA) is 67.6 Å². The number of rotatable bonds is 5. The Hall–Kier alpha value is -1.50. The summed E-state index contributed by atoms with van der Waals surface area (Å²) in [7, 11) is 1.92. The fourth-order valence-corrected chi connectivity index (χ4v) is 3.14. The molecule has 1 aromatic rings. The lowest BCUT2D eigenvalue weighted by molar-refractivity contribution is -0.384. The molecule has 2 fully saturated rings. The normalized spacial score (nSPS) is 26.7. The van der Waals surface area contributed by atoms with E-state index in [1.807, 2.05) is 19.2 Å². The van der Waals surface area contributed by atoms with Crippen molar-refractivity contribution in [2.24, 2.45) is 0 Å². The average Bonchev–Trinajstić information content (AvgIpc) is 3.32. The smallest absolute Gasteiger partial charge is 0.269 e. The minimum atomic E-state index is -0.356. The molecule has 1 aromatic carbocycles. The Bertz CT molecular complexity index is 499. The van der Waals surface area contributed by atoms with Crippen LogP contribution in [0.3, 0.4) is 0 Å². The summed E-state index contributed by atoms with van der Waals surface area (Å²) in [5, 5.41) is 14.0. The van der Waals surface area contributed by atoms with Crippen molar-refractivity contribution >= 4 is 5.69 Å². The van der Waals surface area contributed by atoms with E-state index in [0.29, 0.717) is 6.04 Å². The number of morpholine rings is 1. The molecule has 3 rings (SSSR count). The summed E-state index contributed by atoms with van der Waals surface area (Å²) >= 11 is 0. The Morgan fingerprint density at radius 1 is 1.38 bits per heavy atom. The minimum Gasteiger partial charge on any atom is -0.374 e. The third-order valence-electron chi connectivity index (χ3n) is 4.26. The van der Waals surface area contributed by atoms with Crippen LogP contribution in [0.4, 0.5) is 5.69 Å². The summed E-state index contributed by atoms with van der Waals surface area (Å²) in [4.78, 5) is 12.9. The molecular weight excluding hydrogens is 270 g/mol. The molecule has 1 aliphatic carbocycles. The van der Waals surface area contributed by atoms with Crippen molar-refractivity contribution in [3.05, 3.63) is 39.9 Å². The van der Waals surface area contributed by atoms with Crippen LogP contribution in [0, 0.1) is 10.1 Å². The van der Waals surface area contributed by atoms with Crippen molar-refractivity contribution in [3.63, 3.8) is 0 Å². The van der Waals surface area contributed by atoms with Crippen molar-refractivity contribution in [1.82, 2.24) is 10.2 Å². The molecule has 1 aliphatic heterocycles. The number of nitrogens with one attached hydrogen (secondary N) is 1. The van der Waals surface area contributed by atoms with E-state index in [1.165, 1.54) is 12.8 Å². The number of nitrogens with zero attached hydrogens (tertiary/aromatic N) is 2. The van der Waals surface area contributed by atoms with Crippen LogP contribution in [0.15, 0.2) is 24.3 Å². The van der Waals surface area contributed by atoms with E-state index in [1.54, 1.807) is 12.1 Å². The highest BCUT2D eigenvalue weighted by molar-refractivity contribution is 5.35. The lowest BCUT2D eigenvalue weighted by Crippen LogP contribution is -2.49. The molecule has 0 aromatic heterocycles. The highest BCUT2D eigenvalue weighted by Crippen LogP contribution is 2.39. The van der Waals surface area contributed by atoms with Gasteiger partial charge in [-0.1, -0.05) is 12.1 Å². The minimum absolute atomic E-state index is 0.0887. The second-order valence-corrected chi connectivity index (χ2v) is 5.73. The first-order valence-corrected chi connectivity index (χ1v) is 7.47. The Morgan fingerprint density at radius 3 is 2.67 bits per heavy atom. The fraction of sp³-hybridized carbons (Fsp3) is 0.600. The first-order valence-electron chi connectivity index (χ1n) is 7.47. The number of hydrogen-bond donors (Lipinski definition) is 1. The Kier molecular flexibility index (Phi) is 4.19. The molecule has 2 unspecified atom stereocenters. The van der Waals surface area contributed by atoms with E-state index in [2.05, 4.69) is 10.2 Å². The van der Waals surface area contributed by atoms with Gasteiger partial charge in [-0.05, 0) is 25.5 Å². The molecule has 1 saturated carbocycles. The number of hydrogen-bond acceptors (Lipinski definition) is 5. The van der Waals surface area contributed by atoms with E-state index in [0.717, 1.165) is 25.3 Å². The van der Waals surface area contributed by atoms with Gasteiger partial charge in [0.25, 0.3) is 5.69 Å². The molecule has 2 aliphatic rings. The number of non-ortho nitro benzene ring substituents is 1. The van der Waals surface area contributed by atoms with Crippen LogP contribution < -0.4 is 5.32 Å². The van der Waals surface area contributed by atoms with Gasteiger partial charge in [0.05, 0.1) is 23.7 Å². The number of benzene rings is 1. The predicted octanol–water partition coefficient (Wildman–Crippen LogP) is 1.72. The average molecular weight is 291 g/mol. The lowest BCUT2D eigenvalue weighted by atomic mass is 9.97. The predicted molar refractivity (Wildman–Crippen MR) is 79.2 cm³/mol. The largest absolute Gasteiger partial charge is 0.374 e. The molecule has 1 heterocycles. The van der Waals surface area contributed by atoms with Gasteiger partial charge >= 0.3 is 0 Å². The molecule has 114 valence electrons. The quantitative estimate of drug-likeness (QED) is 0.661. The van der Waals surface area contributed by atoms with Gasteiger partial charge in [0.15, 0.2) is 0 Å². The van der Waals surface area contributed by atoms with Crippen LogP contribution in [0.25, 0.3) is 0 Å². The molecule has 1 N–H and O–H groups in total. The highest BCUT2D eigenvalue weighted by Gasteiger charge is 2.41. The Balaban J connectivity index is 1.86. The molecule has 2 atom stereocenters. The zero-order valence-electron chi connectivity index (χ0n) is 12.2. The molecule has 0 bridgehead atoms. The summed E-state index contributed by atoms with van der Waals surface area (Å²) in [6.45, 7) is 2.48. The van der Waals surface area contributed by atoms with Crippen LogP contribution in [0.2, 0.25) is 0 Å². The Labute approximate surface area is 124 Å². The van der Waals surface area contributed by atoms with Crippen LogP contribution in [-0.2, 0) is 4.74 Å². The van der Waals surface area contributed by atoms with E-state index >= 15 is 0 Å². The van der Waals surface area contributed by atoms with Crippen molar-refractivity contribution in [2.45, 2.75) is 31.0 Å². The summed E-state index contributed by atoms with van der Waals surface area (Å²) in [6, 6.07) is 7.75. The van der Waals surface area contributed by atoms with Gasteiger partial charge in [0.1, 0.15) is 0 Å². The fourth-order valence-electron chi connectivity index (χ4n) is 3.14. The standard InChI is InChI=1S/C15H21N3O3/c1-16-10-14-15(17(8-9-21-14)12-6-7-12)11-2-4-13(5-3-11)18(19)20/h2-5,12,14-16H,6-10H2,1H3. The first-order chi connectivity index (χ1) is 10.2. The van der Waals surface area contributed by atoms with E-state index in [-0.39, 0.29) is 22.8 Å². The molecule has 0 amide bonds. The summed E-state index contributed by atoms with van der Waals surface area (Å²) in [6.07, 6.45) is 2.58. The van der Waals surface area contributed by atoms with Crippen LogP contribution in [-0.4, -0.2) is 48.7 Å². The van der Waals surface area contributed by atoms with Gasteiger partial charge in [-0.15, -0.1) is 0 Å². The summed E-state index contributed by atoms with van der Waals surface area (Å²) in [5.74, 6) is 0. The van der Waals surface area contributed by atoms with Gasteiger partial charge in [0.2, 0.25) is 0 Å². The van der Waals surface area contributed by atoms with Crippen molar-refractivity contribution in [1.29, 1.82) is 0 Å². The number of likely N-dealkylation sites (N-methyl/N-ethyl adjacent to an activating group) is 1. The van der Waals surface area contributed by atoms with Crippen molar-refractivity contribution in [2.75, 3.05) is 26.7 Å². The van der Waals surface area contributed by atoms with Crippen LogP contribution in [0.5, 0.6) is 0 Å². The second-order valence-electron chi connectivity index (χ2n) is 5.73. The molecule has 21 heavy (non-hydrogen) atoms. The lowest BCUT2D eigenvalue weighted by Gasteiger charge is -2.41. The number of ether oxygens (including phenoxy) is 1. The van der Waals surface area contributed by atoms with Crippen molar-refractivity contribution < 1.29 is 9.66 Å². The zero-order chi connectivity index (χ0) is 14.8. The molecule has 6 nitrogen and oxygen atoms in total. The SMILES string of the molecule is CNCC1OCCN(C2CC2)C1c1ccc([N+](=O)[O-])cc1. The zero-order valence-corrected chi connectivity index (χ0v) is 12.2. The molecule has 0 radical (unpaired) electrons. The van der Waals surface area contributed by atoms with E-state index in [4.69, 9.17) is 4.74 Å². The summed E-state index contributed by atoms with van der Waals surface area (Å²) < 4.78 is 5.93. The highest BCUT2D eigenvalue weighted by atomic mass is 16.6. The van der Waals surface area contributed by atoms with Gasteiger partial charge in [-0.3, -0.25) is 15.0 Å². The first kappa shape index (κ1) is 14.4. The van der Waals surface area contributed by atoms with E-state index < -0.39 is 0 Å². The third kappa shape index (κ3) is 3.07. The van der Waals surface area contributed by atoms with Crippen LogP contribution in [0.1, 0.15) is 24.4 Å². The molecule has 1 saturated heterocycles. The molecular formula is C15H21N3O3. The summed E-state index contributed by atoms with van der Waals surface area (Å²) in [5.41, 5.74) is 1.24. The Morgan fingerprint density at radius 2 is 2.10 bits per heavy atom. The number of nitro benzene ring substituents is 1. The van der Waals surface area contributed by atoms with Gasteiger partial charge in [-0.2, -0.15) is 0 Å². The molecule has 6 heteroatoms. The van der Waals surface area contributed by atoms with Gasteiger partial charge in [-0.25, -0.2) is 0 Å². The number of nitro groups is 1. The van der Waals surface area contributed by atoms with E-state index in [9.17, 15) is 10.1 Å². The second kappa shape index (κ2) is 6.09. The van der Waals surface area contributed by atoms with Gasteiger partial charge in [0, 0.05) is 31.3 Å². The maximum atomic E-state index is 10.8. The monoisotopic (exact) mass is 291 g/mol.